The number of benzene rings is 2. The van der Waals surface area contributed by atoms with E-state index in [0.29, 0.717) is 36.5 Å². The Morgan fingerprint density at radius 3 is 2.44 bits per heavy atom. The van der Waals surface area contributed by atoms with E-state index in [1.54, 1.807) is 30.3 Å². The molecule has 1 aliphatic rings. The highest BCUT2D eigenvalue weighted by molar-refractivity contribution is 9.10. The molecule has 2 aromatic rings. The van der Waals surface area contributed by atoms with Gasteiger partial charge in [-0.05, 0) is 60.9 Å². The lowest BCUT2D eigenvalue weighted by Crippen LogP contribution is -2.35. The summed E-state index contributed by atoms with van der Waals surface area (Å²) < 4.78 is 58.3. The summed E-state index contributed by atoms with van der Waals surface area (Å²) in [5.74, 6) is 0.580. The standard InChI is InChI=1S/C17H19BrN2O5S2/c1-25-15-5-7-16(8-6-15)27(23,24)20-10-2-3-13-11-14(4-9-17(13)20)19-26(21,22)12-18/h4-9,11,19H,2-3,10,12H2,1H3. The first-order valence-corrected chi connectivity index (χ1v) is 12.3. The number of hydrogen-bond donors (Lipinski definition) is 1. The van der Waals surface area contributed by atoms with Crippen LogP contribution in [0.15, 0.2) is 47.4 Å². The highest BCUT2D eigenvalue weighted by Crippen LogP contribution is 2.34. The number of sulfonamides is 2. The summed E-state index contributed by atoms with van der Waals surface area (Å²) in [5.41, 5.74) is 1.77. The predicted molar refractivity (Wildman–Crippen MR) is 109 cm³/mol. The Balaban J connectivity index is 1.95. The summed E-state index contributed by atoms with van der Waals surface area (Å²) >= 11 is 2.93. The van der Waals surface area contributed by atoms with E-state index in [1.807, 2.05) is 0 Å². The molecule has 0 aromatic heterocycles. The lowest BCUT2D eigenvalue weighted by molar-refractivity contribution is 0.414. The van der Waals surface area contributed by atoms with Crippen LogP contribution in [0.3, 0.4) is 0 Å². The van der Waals surface area contributed by atoms with Gasteiger partial charge in [0.1, 0.15) is 10.4 Å². The molecule has 7 nitrogen and oxygen atoms in total. The van der Waals surface area contributed by atoms with Crippen molar-refractivity contribution in [1.29, 1.82) is 0 Å². The zero-order chi connectivity index (χ0) is 19.7. The number of nitrogens with one attached hydrogen (secondary N) is 1. The van der Waals surface area contributed by atoms with E-state index in [2.05, 4.69) is 20.7 Å². The van der Waals surface area contributed by atoms with E-state index in [0.717, 1.165) is 5.56 Å². The molecule has 0 aliphatic carbocycles. The van der Waals surface area contributed by atoms with Crippen LogP contribution in [-0.2, 0) is 26.5 Å². The Kier molecular flexibility index (Phi) is 5.68. The van der Waals surface area contributed by atoms with Gasteiger partial charge in [0.2, 0.25) is 10.0 Å². The molecule has 0 amide bonds. The van der Waals surface area contributed by atoms with Gasteiger partial charge in [0.05, 0.1) is 17.7 Å². The zero-order valence-corrected chi connectivity index (χ0v) is 17.8. The van der Waals surface area contributed by atoms with Crippen LogP contribution < -0.4 is 13.8 Å². The fourth-order valence-electron chi connectivity index (χ4n) is 2.96. The highest BCUT2D eigenvalue weighted by Gasteiger charge is 2.29. The molecule has 0 saturated carbocycles. The Labute approximate surface area is 167 Å². The molecule has 2 aromatic carbocycles. The summed E-state index contributed by atoms with van der Waals surface area (Å²) in [6.07, 6.45) is 1.32. The summed E-state index contributed by atoms with van der Waals surface area (Å²) in [6, 6.07) is 11.1. The second kappa shape index (κ2) is 7.69. The van der Waals surface area contributed by atoms with Crippen molar-refractivity contribution in [2.75, 3.05) is 27.3 Å². The molecule has 1 N–H and O–H groups in total. The molecular weight excluding hydrogens is 456 g/mol. The van der Waals surface area contributed by atoms with Gasteiger partial charge in [-0.15, -0.1) is 0 Å². The first-order valence-electron chi connectivity index (χ1n) is 8.13. The number of rotatable bonds is 6. The summed E-state index contributed by atoms with van der Waals surface area (Å²) in [4.78, 5) is 0.181. The van der Waals surface area contributed by atoms with Crippen LogP contribution in [0.1, 0.15) is 12.0 Å². The van der Waals surface area contributed by atoms with Gasteiger partial charge in [0.25, 0.3) is 10.0 Å². The highest BCUT2D eigenvalue weighted by atomic mass is 79.9. The Hall–Kier alpha value is -1.78. The van der Waals surface area contributed by atoms with Crippen molar-refractivity contribution < 1.29 is 21.6 Å². The maximum absolute atomic E-state index is 13.1. The van der Waals surface area contributed by atoms with E-state index in [9.17, 15) is 16.8 Å². The third kappa shape index (κ3) is 4.22. The van der Waals surface area contributed by atoms with Gasteiger partial charge in [-0.2, -0.15) is 0 Å². The van der Waals surface area contributed by atoms with Gasteiger partial charge in [0, 0.05) is 12.2 Å². The largest absolute Gasteiger partial charge is 0.497 e. The van der Waals surface area contributed by atoms with Crippen molar-refractivity contribution in [3.05, 3.63) is 48.0 Å². The number of alkyl halides is 1. The first-order chi connectivity index (χ1) is 12.8. The summed E-state index contributed by atoms with van der Waals surface area (Å²) in [7, 11) is -5.67. The van der Waals surface area contributed by atoms with Gasteiger partial charge in [0.15, 0.2) is 0 Å². The number of nitrogens with zero attached hydrogens (tertiary/aromatic N) is 1. The Morgan fingerprint density at radius 2 is 1.81 bits per heavy atom. The molecule has 3 rings (SSSR count). The fraction of sp³-hybridized carbons (Fsp3) is 0.294. The first kappa shape index (κ1) is 20.0. The van der Waals surface area contributed by atoms with Crippen molar-refractivity contribution in [3.8, 4) is 5.75 Å². The molecule has 0 fully saturated rings. The molecule has 0 spiro atoms. The predicted octanol–water partition coefficient (Wildman–Crippen LogP) is 2.93. The van der Waals surface area contributed by atoms with Crippen LogP contribution in [0.2, 0.25) is 0 Å². The minimum Gasteiger partial charge on any atom is -0.497 e. The van der Waals surface area contributed by atoms with Crippen molar-refractivity contribution in [2.45, 2.75) is 17.7 Å². The summed E-state index contributed by atoms with van der Waals surface area (Å²) in [5, 5.41) is 0. The number of ether oxygens (including phenoxy) is 1. The number of hydrogen-bond acceptors (Lipinski definition) is 5. The van der Waals surface area contributed by atoms with E-state index >= 15 is 0 Å². The van der Waals surface area contributed by atoms with Crippen LogP contribution in [0.25, 0.3) is 0 Å². The number of methoxy groups -OCH3 is 1. The normalized spacial score (nSPS) is 14.5. The molecule has 27 heavy (non-hydrogen) atoms. The van der Waals surface area contributed by atoms with E-state index < -0.39 is 20.0 Å². The van der Waals surface area contributed by atoms with E-state index in [1.165, 1.54) is 23.5 Å². The van der Waals surface area contributed by atoms with Crippen LogP contribution in [0.4, 0.5) is 11.4 Å². The average molecular weight is 475 g/mol. The Morgan fingerprint density at radius 1 is 1.11 bits per heavy atom. The Bertz CT molecular complexity index is 1040. The van der Waals surface area contributed by atoms with E-state index in [4.69, 9.17) is 4.74 Å². The van der Waals surface area contributed by atoms with Crippen molar-refractivity contribution in [3.63, 3.8) is 0 Å². The maximum atomic E-state index is 13.1. The van der Waals surface area contributed by atoms with E-state index in [-0.39, 0.29) is 9.56 Å². The smallest absolute Gasteiger partial charge is 0.264 e. The molecule has 1 heterocycles. The number of aryl methyl sites for hydroxylation is 1. The third-order valence-electron chi connectivity index (χ3n) is 4.22. The second-order valence-electron chi connectivity index (χ2n) is 6.03. The van der Waals surface area contributed by atoms with Crippen LogP contribution in [0.5, 0.6) is 5.75 Å². The van der Waals surface area contributed by atoms with Gasteiger partial charge in [-0.1, -0.05) is 15.9 Å². The molecule has 10 heteroatoms. The van der Waals surface area contributed by atoms with Crippen molar-refractivity contribution in [2.24, 2.45) is 0 Å². The maximum Gasteiger partial charge on any atom is 0.264 e. The lowest BCUT2D eigenvalue weighted by Gasteiger charge is -2.31. The van der Waals surface area contributed by atoms with Crippen LogP contribution >= 0.6 is 15.9 Å². The van der Waals surface area contributed by atoms with Crippen LogP contribution in [0, 0.1) is 0 Å². The molecule has 0 saturated heterocycles. The molecule has 1 aliphatic heterocycles. The minimum absolute atomic E-state index is 0.181. The number of anilines is 2. The number of halogens is 1. The quantitative estimate of drug-likeness (QED) is 0.649. The lowest BCUT2D eigenvalue weighted by atomic mass is 10.0. The molecule has 0 bridgehead atoms. The molecule has 146 valence electrons. The SMILES string of the molecule is COc1ccc(S(=O)(=O)N2CCCc3cc(NS(=O)(=O)CBr)ccc32)cc1. The van der Waals surface area contributed by atoms with Crippen LogP contribution in [-0.4, -0.2) is 35.2 Å². The average Bonchev–Trinajstić information content (AvgIpc) is 2.67. The topological polar surface area (TPSA) is 92.8 Å². The van der Waals surface area contributed by atoms with Crippen molar-refractivity contribution in [1.82, 2.24) is 0 Å². The van der Waals surface area contributed by atoms with Crippen molar-refractivity contribution >= 4 is 47.4 Å². The minimum atomic E-state index is -3.72. The molecule has 0 radical (unpaired) electrons. The van der Waals surface area contributed by atoms with Gasteiger partial charge < -0.3 is 4.74 Å². The molecular formula is C17H19BrN2O5S2. The molecule has 0 atom stereocenters. The fourth-order valence-corrected chi connectivity index (χ4v) is 5.38. The second-order valence-corrected chi connectivity index (χ2v) is 10.9. The number of fused-ring (bicyclic) bond motifs is 1. The monoisotopic (exact) mass is 474 g/mol. The molecule has 0 unspecified atom stereocenters. The van der Waals surface area contributed by atoms with Gasteiger partial charge in [-0.25, -0.2) is 16.8 Å². The van der Waals surface area contributed by atoms with Gasteiger partial charge in [-0.3, -0.25) is 9.03 Å². The third-order valence-corrected chi connectivity index (χ3v) is 8.69. The summed E-state index contributed by atoms with van der Waals surface area (Å²) in [6.45, 7) is 0.369. The zero-order valence-electron chi connectivity index (χ0n) is 14.6. The van der Waals surface area contributed by atoms with Gasteiger partial charge >= 0.3 is 0 Å².